The van der Waals surface area contributed by atoms with Crippen LogP contribution in [-0.2, 0) is 9.53 Å². The zero-order chi connectivity index (χ0) is 18.9. The third kappa shape index (κ3) is 3.39. The molecule has 1 saturated carbocycles. The second kappa shape index (κ2) is 7.54. The molecule has 3 aliphatic rings. The van der Waals surface area contributed by atoms with Crippen molar-refractivity contribution in [1.29, 1.82) is 0 Å². The molecular formula is C21H26N4O3. The van der Waals surface area contributed by atoms with Crippen molar-refractivity contribution in [2.75, 3.05) is 37.7 Å². The molecule has 0 radical (unpaired) electrons. The number of nitrogens with zero attached hydrogens (tertiary/aromatic N) is 4. The lowest BCUT2D eigenvalue weighted by Gasteiger charge is -2.28. The van der Waals surface area contributed by atoms with Crippen LogP contribution in [0.5, 0.6) is 0 Å². The number of rotatable bonds is 4. The maximum Gasteiger partial charge on any atom is 0.232 e. The fourth-order valence-corrected chi connectivity index (χ4v) is 4.63. The van der Waals surface area contributed by atoms with Gasteiger partial charge in [-0.25, -0.2) is 0 Å². The summed E-state index contributed by atoms with van der Waals surface area (Å²) in [7, 11) is 0. The minimum atomic E-state index is 0.0157. The fourth-order valence-electron chi connectivity index (χ4n) is 4.63. The molecule has 2 aromatic rings. The van der Waals surface area contributed by atoms with Crippen molar-refractivity contribution in [2.45, 2.75) is 44.1 Å². The van der Waals surface area contributed by atoms with Gasteiger partial charge in [-0.1, -0.05) is 18.0 Å². The third-order valence-corrected chi connectivity index (χ3v) is 6.22. The standard InChI is InChI=1S/C21H26N4O3/c26-19-13-16(14-25(19)18-3-1-2-4-18)21-22-20(23-28-21)15-5-7-17(8-6-15)24-9-11-27-12-10-24/h5-8,16,18H,1-4,9-14H2/t16-/m0/s1. The molecule has 1 aliphatic carbocycles. The smallest absolute Gasteiger partial charge is 0.232 e. The number of ether oxygens (including phenoxy) is 1. The molecule has 2 aliphatic heterocycles. The van der Waals surface area contributed by atoms with Crippen molar-refractivity contribution < 1.29 is 14.1 Å². The van der Waals surface area contributed by atoms with Crippen LogP contribution in [0.3, 0.4) is 0 Å². The maximum absolute atomic E-state index is 12.4. The number of morpholine rings is 1. The summed E-state index contributed by atoms with van der Waals surface area (Å²) in [4.78, 5) is 21.4. The van der Waals surface area contributed by atoms with Crippen LogP contribution in [0, 0.1) is 0 Å². The second-order valence-electron chi connectivity index (χ2n) is 7.99. The van der Waals surface area contributed by atoms with Gasteiger partial charge in [-0.05, 0) is 37.1 Å². The van der Waals surface area contributed by atoms with E-state index < -0.39 is 0 Å². The van der Waals surface area contributed by atoms with Gasteiger partial charge in [-0.15, -0.1) is 0 Å². The number of benzene rings is 1. The Morgan fingerprint density at radius 2 is 1.79 bits per heavy atom. The van der Waals surface area contributed by atoms with Gasteiger partial charge in [0, 0.05) is 43.3 Å². The van der Waals surface area contributed by atoms with Crippen LogP contribution in [-0.4, -0.2) is 59.8 Å². The zero-order valence-electron chi connectivity index (χ0n) is 16.0. The predicted octanol–water partition coefficient (Wildman–Crippen LogP) is 2.83. The summed E-state index contributed by atoms with van der Waals surface area (Å²) < 4.78 is 11.0. The monoisotopic (exact) mass is 382 g/mol. The number of amides is 1. The Hall–Kier alpha value is -2.41. The number of carbonyl (C=O) groups excluding carboxylic acids is 1. The molecule has 0 bridgehead atoms. The van der Waals surface area contributed by atoms with E-state index in [-0.39, 0.29) is 11.8 Å². The molecule has 0 unspecified atom stereocenters. The molecule has 7 nitrogen and oxygen atoms in total. The summed E-state index contributed by atoms with van der Waals surface area (Å²) in [6, 6.07) is 8.66. The average molecular weight is 382 g/mol. The molecule has 0 N–H and O–H groups in total. The molecule has 2 saturated heterocycles. The lowest BCUT2D eigenvalue weighted by molar-refractivity contribution is -0.129. The van der Waals surface area contributed by atoms with Crippen LogP contribution >= 0.6 is 0 Å². The Labute approximate surface area is 164 Å². The zero-order valence-corrected chi connectivity index (χ0v) is 16.0. The maximum atomic E-state index is 12.4. The Bertz CT molecular complexity index is 822. The van der Waals surface area contributed by atoms with Gasteiger partial charge in [0.1, 0.15) is 0 Å². The number of hydrogen-bond donors (Lipinski definition) is 0. The first kappa shape index (κ1) is 17.7. The van der Waals surface area contributed by atoms with Crippen molar-refractivity contribution >= 4 is 11.6 Å². The summed E-state index contributed by atoms with van der Waals surface area (Å²) >= 11 is 0. The molecule has 28 heavy (non-hydrogen) atoms. The molecule has 1 amide bonds. The number of aromatic nitrogens is 2. The second-order valence-corrected chi connectivity index (χ2v) is 7.99. The summed E-state index contributed by atoms with van der Waals surface area (Å²) in [5.41, 5.74) is 2.12. The van der Waals surface area contributed by atoms with E-state index in [2.05, 4.69) is 27.2 Å². The largest absolute Gasteiger partial charge is 0.378 e. The average Bonchev–Trinajstić information content (AvgIpc) is 3.49. The van der Waals surface area contributed by atoms with Crippen LogP contribution in [0.4, 0.5) is 5.69 Å². The fraction of sp³-hybridized carbons (Fsp3) is 0.571. The molecule has 0 spiro atoms. The van der Waals surface area contributed by atoms with Gasteiger partial charge in [-0.2, -0.15) is 4.98 Å². The van der Waals surface area contributed by atoms with Gasteiger partial charge in [0.05, 0.1) is 19.1 Å². The van der Waals surface area contributed by atoms with E-state index in [4.69, 9.17) is 9.26 Å². The van der Waals surface area contributed by atoms with E-state index in [9.17, 15) is 4.79 Å². The van der Waals surface area contributed by atoms with E-state index in [1.165, 1.54) is 18.5 Å². The molecule has 3 heterocycles. The highest BCUT2D eigenvalue weighted by molar-refractivity contribution is 5.80. The van der Waals surface area contributed by atoms with Crippen molar-refractivity contribution in [1.82, 2.24) is 15.0 Å². The number of hydrogen-bond acceptors (Lipinski definition) is 6. The van der Waals surface area contributed by atoms with E-state index in [1.54, 1.807) is 0 Å². The molecule has 3 fully saturated rings. The summed E-state index contributed by atoms with van der Waals surface area (Å²) in [5, 5.41) is 4.17. The SMILES string of the molecule is O=C1C[C@H](c2nc(-c3ccc(N4CCOCC4)cc3)no2)CN1C1CCCC1. The Balaban J connectivity index is 1.27. The van der Waals surface area contributed by atoms with Gasteiger partial charge >= 0.3 is 0 Å². The first-order chi connectivity index (χ1) is 13.8. The van der Waals surface area contributed by atoms with Gasteiger partial charge in [-0.3, -0.25) is 4.79 Å². The molecule has 5 rings (SSSR count). The first-order valence-corrected chi connectivity index (χ1v) is 10.3. The Kier molecular flexibility index (Phi) is 4.76. The number of anilines is 1. The van der Waals surface area contributed by atoms with E-state index in [0.717, 1.165) is 44.7 Å². The summed E-state index contributed by atoms with van der Waals surface area (Å²) in [6.45, 7) is 4.08. The minimum absolute atomic E-state index is 0.0157. The molecule has 1 atom stereocenters. The molecule has 1 aromatic heterocycles. The predicted molar refractivity (Wildman–Crippen MR) is 104 cm³/mol. The third-order valence-electron chi connectivity index (χ3n) is 6.22. The summed E-state index contributed by atoms with van der Waals surface area (Å²) in [5.74, 6) is 1.42. The van der Waals surface area contributed by atoms with E-state index in [0.29, 0.717) is 30.7 Å². The van der Waals surface area contributed by atoms with E-state index >= 15 is 0 Å². The molecule has 148 valence electrons. The first-order valence-electron chi connectivity index (χ1n) is 10.3. The summed E-state index contributed by atoms with van der Waals surface area (Å²) in [6.07, 6.45) is 5.19. The van der Waals surface area contributed by atoms with Gasteiger partial charge in [0.2, 0.25) is 17.6 Å². The molecule has 7 heteroatoms. The highest BCUT2D eigenvalue weighted by atomic mass is 16.5. The van der Waals surface area contributed by atoms with Gasteiger partial charge < -0.3 is 19.1 Å². The van der Waals surface area contributed by atoms with Crippen LogP contribution in [0.25, 0.3) is 11.4 Å². The van der Waals surface area contributed by atoms with Crippen molar-refractivity contribution in [2.24, 2.45) is 0 Å². The quantitative estimate of drug-likeness (QED) is 0.810. The van der Waals surface area contributed by atoms with Crippen LogP contribution in [0.15, 0.2) is 28.8 Å². The highest BCUT2D eigenvalue weighted by Crippen LogP contribution is 2.34. The Morgan fingerprint density at radius 3 is 2.54 bits per heavy atom. The van der Waals surface area contributed by atoms with Gasteiger partial charge in [0.25, 0.3) is 0 Å². The van der Waals surface area contributed by atoms with Crippen molar-refractivity contribution in [3.63, 3.8) is 0 Å². The van der Waals surface area contributed by atoms with Crippen LogP contribution in [0.2, 0.25) is 0 Å². The molecular weight excluding hydrogens is 356 g/mol. The molecule has 1 aromatic carbocycles. The van der Waals surface area contributed by atoms with Gasteiger partial charge in [0.15, 0.2) is 0 Å². The van der Waals surface area contributed by atoms with Crippen LogP contribution < -0.4 is 4.90 Å². The van der Waals surface area contributed by atoms with E-state index in [1.807, 2.05) is 17.0 Å². The topological polar surface area (TPSA) is 71.7 Å². The highest BCUT2D eigenvalue weighted by Gasteiger charge is 2.38. The van der Waals surface area contributed by atoms with Crippen molar-refractivity contribution in [3.05, 3.63) is 30.2 Å². The normalized spacial score (nSPS) is 23.7. The van der Waals surface area contributed by atoms with Crippen LogP contribution in [0.1, 0.15) is 43.9 Å². The lowest BCUT2D eigenvalue weighted by atomic mass is 10.1. The minimum Gasteiger partial charge on any atom is -0.378 e. The van der Waals surface area contributed by atoms with Crippen molar-refractivity contribution in [3.8, 4) is 11.4 Å². The number of likely N-dealkylation sites (tertiary alicyclic amines) is 1. The Morgan fingerprint density at radius 1 is 1.04 bits per heavy atom. The lowest BCUT2D eigenvalue weighted by Crippen LogP contribution is -2.36. The number of carbonyl (C=O) groups is 1.